The molecule has 0 fully saturated rings. The Morgan fingerprint density at radius 2 is 2.14 bits per heavy atom. The van der Waals surface area contributed by atoms with Gasteiger partial charge in [0.15, 0.2) is 0 Å². The summed E-state index contributed by atoms with van der Waals surface area (Å²) in [5, 5.41) is 3.37. The molecular formula is C12H18FN. The van der Waals surface area contributed by atoms with E-state index in [0.717, 1.165) is 18.5 Å². The van der Waals surface area contributed by atoms with E-state index in [1.54, 1.807) is 6.92 Å². The first-order chi connectivity index (χ1) is 6.63. The van der Waals surface area contributed by atoms with Crippen LogP contribution in [0.3, 0.4) is 0 Å². The smallest absolute Gasteiger partial charge is 0.126 e. The van der Waals surface area contributed by atoms with Crippen molar-refractivity contribution in [2.75, 3.05) is 0 Å². The summed E-state index contributed by atoms with van der Waals surface area (Å²) in [7, 11) is 0. The number of aryl methyl sites for hydroxylation is 1. The molecule has 0 heterocycles. The highest BCUT2D eigenvalue weighted by molar-refractivity contribution is 5.23. The van der Waals surface area contributed by atoms with Gasteiger partial charge in [-0.05, 0) is 37.5 Å². The van der Waals surface area contributed by atoms with Gasteiger partial charge in [0.1, 0.15) is 5.82 Å². The fourth-order valence-electron chi connectivity index (χ4n) is 1.25. The molecule has 14 heavy (non-hydrogen) atoms. The molecule has 1 rings (SSSR count). The Labute approximate surface area is 85.3 Å². The molecule has 0 spiro atoms. The van der Waals surface area contributed by atoms with Gasteiger partial charge in [-0.15, -0.1) is 0 Å². The second-order valence-corrected chi connectivity index (χ2v) is 3.77. The van der Waals surface area contributed by atoms with Gasteiger partial charge in [0, 0.05) is 12.6 Å². The monoisotopic (exact) mass is 195 g/mol. The summed E-state index contributed by atoms with van der Waals surface area (Å²) in [5.74, 6) is -0.128. The summed E-state index contributed by atoms with van der Waals surface area (Å²) in [6.45, 7) is 6.90. The third-order valence-electron chi connectivity index (χ3n) is 2.49. The first kappa shape index (κ1) is 11.2. The summed E-state index contributed by atoms with van der Waals surface area (Å²) >= 11 is 0. The van der Waals surface area contributed by atoms with Gasteiger partial charge < -0.3 is 5.32 Å². The van der Waals surface area contributed by atoms with Crippen LogP contribution in [0, 0.1) is 12.7 Å². The normalized spacial score (nSPS) is 12.9. The van der Waals surface area contributed by atoms with Crippen molar-refractivity contribution in [1.82, 2.24) is 5.32 Å². The first-order valence-electron chi connectivity index (χ1n) is 5.12. The molecule has 1 nitrogen and oxygen atoms in total. The Hall–Kier alpha value is -0.890. The largest absolute Gasteiger partial charge is 0.310 e. The minimum Gasteiger partial charge on any atom is -0.310 e. The minimum absolute atomic E-state index is 0.128. The number of benzene rings is 1. The standard InChI is InChI=1S/C12H18FN/c1-4-10(3)14-8-11-5-6-12(13)9(2)7-11/h5-7,10,14H,4,8H2,1-3H3. The van der Waals surface area contributed by atoms with E-state index < -0.39 is 0 Å². The molecule has 0 aromatic heterocycles. The quantitative estimate of drug-likeness (QED) is 0.778. The highest BCUT2D eigenvalue weighted by atomic mass is 19.1. The topological polar surface area (TPSA) is 12.0 Å². The van der Waals surface area contributed by atoms with E-state index in [-0.39, 0.29) is 5.82 Å². The van der Waals surface area contributed by atoms with Crippen molar-refractivity contribution in [3.05, 3.63) is 35.1 Å². The SMILES string of the molecule is CCC(C)NCc1ccc(F)c(C)c1. The lowest BCUT2D eigenvalue weighted by atomic mass is 10.1. The fourth-order valence-corrected chi connectivity index (χ4v) is 1.25. The lowest BCUT2D eigenvalue weighted by Gasteiger charge is -2.11. The van der Waals surface area contributed by atoms with Gasteiger partial charge in [-0.2, -0.15) is 0 Å². The van der Waals surface area contributed by atoms with Gasteiger partial charge in [0.05, 0.1) is 0 Å². The highest BCUT2D eigenvalue weighted by Gasteiger charge is 2.00. The maximum atomic E-state index is 12.9. The molecule has 0 aliphatic carbocycles. The molecule has 0 saturated heterocycles. The molecular weight excluding hydrogens is 177 g/mol. The molecule has 0 bridgehead atoms. The van der Waals surface area contributed by atoms with Crippen molar-refractivity contribution in [1.29, 1.82) is 0 Å². The number of hydrogen-bond donors (Lipinski definition) is 1. The first-order valence-corrected chi connectivity index (χ1v) is 5.12. The Kier molecular flexibility index (Phi) is 4.08. The van der Waals surface area contributed by atoms with Crippen LogP contribution in [0.1, 0.15) is 31.4 Å². The molecule has 78 valence electrons. The molecule has 1 N–H and O–H groups in total. The van der Waals surface area contributed by atoms with Crippen molar-refractivity contribution in [3.8, 4) is 0 Å². The molecule has 1 aromatic rings. The molecule has 0 amide bonds. The molecule has 1 unspecified atom stereocenters. The number of halogens is 1. The maximum Gasteiger partial charge on any atom is 0.126 e. The van der Waals surface area contributed by atoms with Crippen LogP contribution in [0.5, 0.6) is 0 Å². The average Bonchev–Trinajstić information content (AvgIpc) is 2.19. The van der Waals surface area contributed by atoms with Gasteiger partial charge in [0.25, 0.3) is 0 Å². The molecule has 1 atom stereocenters. The molecule has 0 aliphatic rings. The van der Waals surface area contributed by atoms with Crippen LogP contribution in [-0.4, -0.2) is 6.04 Å². The fraction of sp³-hybridized carbons (Fsp3) is 0.500. The summed E-state index contributed by atoms with van der Waals surface area (Å²) < 4.78 is 12.9. The van der Waals surface area contributed by atoms with Crippen molar-refractivity contribution in [2.24, 2.45) is 0 Å². The van der Waals surface area contributed by atoms with E-state index in [1.807, 2.05) is 12.1 Å². The Bertz CT molecular complexity index is 296. The minimum atomic E-state index is -0.128. The summed E-state index contributed by atoms with van der Waals surface area (Å²) in [6, 6.07) is 5.77. The van der Waals surface area contributed by atoms with E-state index in [0.29, 0.717) is 11.6 Å². The Morgan fingerprint density at radius 3 is 2.71 bits per heavy atom. The zero-order valence-electron chi connectivity index (χ0n) is 9.10. The van der Waals surface area contributed by atoms with E-state index in [9.17, 15) is 4.39 Å². The van der Waals surface area contributed by atoms with E-state index >= 15 is 0 Å². The zero-order chi connectivity index (χ0) is 10.6. The van der Waals surface area contributed by atoms with E-state index in [2.05, 4.69) is 19.2 Å². The number of rotatable bonds is 4. The average molecular weight is 195 g/mol. The van der Waals surface area contributed by atoms with Gasteiger partial charge >= 0.3 is 0 Å². The molecule has 0 saturated carbocycles. The van der Waals surface area contributed by atoms with Crippen LogP contribution in [-0.2, 0) is 6.54 Å². The van der Waals surface area contributed by atoms with Crippen LogP contribution in [0.2, 0.25) is 0 Å². The van der Waals surface area contributed by atoms with E-state index in [1.165, 1.54) is 6.07 Å². The van der Waals surface area contributed by atoms with Crippen LogP contribution in [0.25, 0.3) is 0 Å². The van der Waals surface area contributed by atoms with Crippen LogP contribution in [0.4, 0.5) is 4.39 Å². The van der Waals surface area contributed by atoms with Crippen LogP contribution >= 0.6 is 0 Å². The van der Waals surface area contributed by atoms with Crippen LogP contribution < -0.4 is 5.32 Å². The number of nitrogens with one attached hydrogen (secondary N) is 1. The molecule has 2 heteroatoms. The zero-order valence-corrected chi connectivity index (χ0v) is 9.10. The summed E-state index contributed by atoms with van der Waals surface area (Å²) in [6.07, 6.45) is 1.11. The number of hydrogen-bond acceptors (Lipinski definition) is 1. The second-order valence-electron chi connectivity index (χ2n) is 3.77. The van der Waals surface area contributed by atoms with Crippen molar-refractivity contribution in [2.45, 2.75) is 39.8 Å². The van der Waals surface area contributed by atoms with Gasteiger partial charge in [-0.3, -0.25) is 0 Å². The predicted octanol–water partition coefficient (Wildman–Crippen LogP) is 3.02. The molecule has 0 aliphatic heterocycles. The maximum absolute atomic E-state index is 12.9. The van der Waals surface area contributed by atoms with Crippen molar-refractivity contribution in [3.63, 3.8) is 0 Å². The predicted molar refractivity (Wildman–Crippen MR) is 57.7 cm³/mol. The highest BCUT2D eigenvalue weighted by Crippen LogP contribution is 2.09. The van der Waals surface area contributed by atoms with Gasteiger partial charge in [0.2, 0.25) is 0 Å². The van der Waals surface area contributed by atoms with Gasteiger partial charge in [-0.25, -0.2) is 4.39 Å². The second kappa shape index (κ2) is 5.11. The van der Waals surface area contributed by atoms with E-state index in [4.69, 9.17) is 0 Å². The summed E-state index contributed by atoms with van der Waals surface area (Å²) in [4.78, 5) is 0. The lowest BCUT2D eigenvalue weighted by molar-refractivity contribution is 0.533. The summed E-state index contributed by atoms with van der Waals surface area (Å²) in [5.41, 5.74) is 1.86. The van der Waals surface area contributed by atoms with Gasteiger partial charge in [-0.1, -0.05) is 19.1 Å². The lowest BCUT2D eigenvalue weighted by Crippen LogP contribution is -2.24. The van der Waals surface area contributed by atoms with Crippen molar-refractivity contribution >= 4 is 0 Å². The van der Waals surface area contributed by atoms with Crippen molar-refractivity contribution < 1.29 is 4.39 Å². The molecule has 1 aromatic carbocycles. The Morgan fingerprint density at radius 1 is 1.43 bits per heavy atom. The van der Waals surface area contributed by atoms with Crippen LogP contribution in [0.15, 0.2) is 18.2 Å². The third kappa shape index (κ3) is 3.11. The molecule has 0 radical (unpaired) electrons. The third-order valence-corrected chi connectivity index (χ3v) is 2.49. The Balaban J connectivity index is 2.55.